The van der Waals surface area contributed by atoms with E-state index in [9.17, 15) is 4.79 Å². The number of carbonyl (C=O) groups excluding carboxylic acids is 1. The van der Waals surface area contributed by atoms with Crippen LogP contribution in [0, 0.1) is 0 Å². The van der Waals surface area contributed by atoms with Crippen LogP contribution in [0.2, 0.25) is 10.0 Å². The fraction of sp³-hybridized carbons (Fsp3) is 0.227. The van der Waals surface area contributed by atoms with Gasteiger partial charge in [0.15, 0.2) is 11.5 Å². The van der Waals surface area contributed by atoms with Crippen molar-refractivity contribution in [2.75, 3.05) is 19.0 Å². The Morgan fingerprint density at radius 1 is 1.03 bits per heavy atom. The number of fused-ring (bicyclic) bond motifs is 2. The number of thioether (sulfide) groups is 1. The third kappa shape index (κ3) is 4.74. The minimum absolute atomic E-state index is 0.117. The average molecular weight is 449 g/mol. The predicted molar refractivity (Wildman–Crippen MR) is 117 cm³/mol. The van der Waals surface area contributed by atoms with Crippen LogP contribution >= 0.6 is 35.0 Å². The van der Waals surface area contributed by atoms with E-state index >= 15 is 0 Å². The van der Waals surface area contributed by atoms with E-state index in [0.717, 1.165) is 27.7 Å². The number of benzene rings is 3. The molecule has 1 aliphatic rings. The lowest BCUT2D eigenvalue weighted by Gasteiger charge is -2.12. The van der Waals surface area contributed by atoms with Gasteiger partial charge in [0.1, 0.15) is 6.61 Å². The van der Waals surface area contributed by atoms with E-state index in [1.807, 2.05) is 36.4 Å². The molecule has 0 bridgehead atoms. The van der Waals surface area contributed by atoms with Gasteiger partial charge < -0.3 is 14.2 Å². The van der Waals surface area contributed by atoms with Gasteiger partial charge in [-0.25, -0.2) is 0 Å². The molecule has 0 saturated carbocycles. The van der Waals surface area contributed by atoms with Gasteiger partial charge in [0, 0.05) is 21.7 Å². The van der Waals surface area contributed by atoms with Gasteiger partial charge in [0.2, 0.25) is 0 Å². The topological polar surface area (TPSA) is 44.8 Å². The zero-order chi connectivity index (χ0) is 20.2. The van der Waals surface area contributed by atoms with Crippen molar-refractivity contribution in [3.63, 3.8) is 0 Å². The van der Waals surface area contributed by atoms with Crippen molar-refractivity contribution in [2.45, 2.75) is 17.9 Å². The Morgan fingerprint density at radius 3 is 2.69 bits per heavy atom. The summed E-state index contributed by atoms with van der Waals surface area (Å²) in [6, 6.07) is 15.2. The quantitative estimate of drug-likeness (QED) is 0.346. The second-order valence-corrected chi connectivity index (χ2v) is 8.33. The Bertz CT molecular complexity index is 1050. The van der Waals surface area contributed by atoms with Crippen molar-refractivity contribution in [3.05, 3.63) is 64.1 Å². The SMILES string of the molecule is O=C(CSc1cccc2cccc(Cl)c12)OCc1cc(Cl)c2c(c1)OCCCO2. The lowest BCUT2D eigenvalue weighted by molar-refractivity contribution is -0.141. The molecule has 7 heteroatoms. The first-order valence-electron chi connectivity index (χ1n) is 9.15. The number of halogens is 2. The highest BCUT2D eigenvalue weighted by Gasteiger charge is 2.16. The zero-order valence-corrected chi connectivity index (χ0v) is 17.8. The van der Waals surface area contributed by atoms with Crippen LogP contribution in [-0.2, 0) is 16.1 Å². The maximum atomic E-state index is 12.3. The molecule has 4 rings (SSSR count). The molecule has 0 radical (unpaired) electrons. The maximum Gasteiger partial charge on any atom is 0.316 e. The van der Waals surface area contributed by atoms with Gasteiger partial charge in [-0.05, 0) is 35.2 Å². The van der Waals surface area contributed by atoms with E-state index in [1.54, 1.807) is 12.1 Å². The number of rotatable bonds is 5. The molecule has 0 spiro atoms. The van der Waals surface area contributed by atoms with E-state index in [4.69, 9.17) is 37.4 Å². The molecule has 0 amide bonds. The van der Waals surface area contributed by atoms with Gasteiger partial charge in [-0.2, -0.15) is 0 Å². The molecule has 4 nitrogen and oxygen atoms in total. The monoisotopic (exact) mass is 448 g/mol. The highest BCUT2D eigenvalue weighted by Crippen LogP contribution is 2.38. The molecule has 3 aromatic carbocycles. The fourth-order valence-corrected chi connectivity index (χ4v) is 4.62. The van der Waals surface area contributed by atoms with E-state index in [1.165, 1.54) is 11.8 Å². The highest BCUT2D eigenvalue weighted by atomic mass is 35.5. The smallest absolute Gasteiger partial charge is 0.316 e. The Kier molecular flexibility index (Phi) is 6.38. The fourth-order valence-electron chi connectivity index (χ4n) is 3.09. The van der Waals surface area contributed by atoms with Crippen LogP contribution in [0.1, 0.15) is 12.0 Å². The minimum Gasteiger partial charge on any atom is -0.489 e. The second-order valence-electron chi connectivity index (χ2n) is 6.50. The third-order valence-corrected chi connectivity index (χ3v) is 6.05. The van der Waals surface area contributed by atoms with E-state index in [2.05, 4.69) is 0 Å². The lowest BCUT2D eigenvalue weighted by atomic mass is 10.1. The first kappa shape index (κ1) is 20.2. The Morgan fingerprint density at radius 2 is 1.83 bits per heavy atom. The highest BCUT2D eigenvalue weighted by molar-refractivity contribution is 8.00. The van der Waals surface area contributed by atoms with Gasteiger partial charge in [-0.1, -0.05) is 47.5 Å². The molecule has 0 aliphatic carbocycles. The van der Waals surface area contributed by atoms with Gasteiger partial charge in [0.25, 0.3) is 0 Å². The predicted octanol–water partition coefficient (Wildman–Crippen LogP) is 6.14. The van der Waals surface area contributed by atoms with Crippen molar-refractivity contribution in [2.24, 2.45) is 0 Å². The second kappa shape index (κ2) is 9.16. The largest absolute Gasteiger partial charge is 0.489 e. The standard InChI is InChI=1S/C22H18Cl2O4S/c23-16-6-1-4-15-5-2-7-19(21(15)16)29-13-20(25)28-12-14-10-17(24)22-18(11-14)26-8-3-9-27-22/h1-2,4-7,10-11H,3,8-9,12-13H2. The number of hydrogen-bond acceptors (Lipinski definition) is 5. The third-order valence-electron chi connectivity index (χ3n) is 4.42. The summed E-state index contributed by atoms with van der Waals surface area (Å²) in [5.41, 5.74) is 0.755. The first-order valence-corrected chi connectivity index (χ1v) is 10.9. The van der Waals surface area contributed by atoms with Crippen LogP contribution in [-0.4, -0.2) is 24.9 Å². The molecule has 150 valence electrons. The van der Waals surface area contributed by atoms with Crippen LogP contribution in [0.15, 0.2) is 53.4 Å². The number of ether oxygens (including phenoxy) is 3. The molecule has 0 saturated heterocycles. The number of hydrogen-bond donors (Lipinski definition) is 0. The molecular formula is C22H18Cl2O4S. The van der Waals surface area contributed by atoms with Crippen LogP contribution in [0.3, 0.4) is 0 Å². The van der Waals surface area contributed by atoms with E-state index in [-0.39, 0.29) is 18.3 Å². The van der Waals surface area contributed by atoms with Gasteiger partial charge in [0.05, 0.1) is 24.0 Å². The van der Waals surface area contributed by atoms with Crippen molar-refractivity contribution >= 4 is 51.7 Å². The molecular weight excluding hydrogens is 431 g/mol. The zero-order valence-electron chi connectivity index (χ0n) is 15.5. The van der Waals surface area contributed by atoms with Gasteiger partial charge in [-0.15, -0.1) is 11.8 Å². The molecule has 1 aliphatic heterocycles. The summed E-state index contributed by atoms with van der Waals surface area (Å²) in [4.78, 5) is 13.2. The Labute approximate surface area is 183 Å². The summed E-state index contributed by atoms with van der Waals surface area (Å²) < 4.78 is 16.7. The van der Waals surface area contributed by atoms with Crippen molar-refractivity contribution in [1.29, 1.82) is 0 Å². The minimum atomic E-state index is -0.317. The lowest BCUT2D eigenvalue weighted by Crippen LogP contribution is -2.07. The number of carbonyl (C=O) groups is 1. The summed E-state index contributed by atoms with van der Waals surface area (Å²) in [5.74, 6) is 0.994. The summed E-state index contributed by atoms with van der Waals surface area (Å²) in [5, 5.41) is 3.11. The van der Waals surface area contributed by atoms with E-state index < -0.39 is 0 Å². The van der Waals surface area contributed by atoms with Crippen molar-refractivity contribution in [1.82, 2.24) is 0 Å². The summed E-state index contributed by atoms with van der Waals surface area (Å²) in [6.45, 7) is 1.25. The van der Waals surface area contributed by atoms with Crippen LogP contribution in [0.5, 0.6) is 11.5 Å². The molecule has 0 N–H and O–H groups in total. The van der Waals surface area contributed by atoms with E-state index in [0.29, 0.717) is 34.8 Å². The summed E-state index contributed by atoms with van der Waals surface area (Å²) in [7, 11) is 0. The van der Waals surface area contributed by atoms with Crippen molar-refractivity contribution in [3.8, 4) is 11.5 Å². The molecule has 1 heterocycles. The molecule has 29 heavy (non-hydrogen) atoms. The number of esters is 1. The summed E-state index contributed by atoms with van der Waals surface area (Å²) >= 11 is 14.0. The van der Waals surface area contributed by atoms with Crippen LogP contribution in [0.25, 0.3) is 10.8 Å². The van der Waals surface area contributed by atoms with Gasteiger partial charge in [-0.3, -0.25) is 4.79 Å². The van der Waals surface area contributed by atoms with Crippen molar-refractivity contribution < 1.29 is 19.0 Å². The average Bonchev–Trinajstić information content (AvgIpc) is 2.97. The Hall–Kier alpha value is -2.08. The van der Waals surface area contributed by atoms with Crippen LogP contribution < -0.4 is 9.47 Å². The normalized spacial score (nSPS) is 13.2. The molecule has 0 aromatic heterocycles. The molecule has 0 unspecified atom stereocenters. The molecule has 0 fully saturated rings. The molecule has 0 atom stereocenters. The Balaban J connectivity index is 1.39. The molecule has 3 aromatic rings. The van der Waals surface area contributed by atoms with Crippen LogP contribution in [0.4, 0.5) is 0 Å². The summed E-state index contributed by atoms with van der Waals surface area (Å²) in [6.07, 6.45) is 0.796. The maximum absolute atomic E-state index is 12.3. The van der Waals surface area contributed by atoms with Gasteiger partial charge >= 0.3 is 5.97 Å². The first-order chi connectivity index (χ1) is 14.1.